The quantitative estimate of drug-likeness (QED) is 0.852. The minimum absolute atomic E-state index is 0.155. The standard InChI is InChI=1S/C13H18ClN3O/c1-16(9-13(18)17-6-2-3-7-17)12-5-4-10(15)8-11(12)14/h4-5,8H,2-3,6-7,9,15H2,1H3. The van der Waals surface area contributed by atoms with Crippen molar-refractivity contribution in [2.24, 2.45) is 0 Å². The van der Waals surface area contributed by atoms with Gasteiger partial charge < -0.3 is 15.5 Å². The zero-order chi connectivity index (χ0) is 13.1. The number of hydrogen-bond donors (Lipinski definition) is 1. The molecule has 1 aliphatic heterocycles. The van der Waals surface area contributed by atoms with Gasteiger partial charge in [0.05, 0.1) is 17.3 Å². The van der Waals surface area contributed by atoms with Crippen LogP contribution in [-0.4, -0.2) is 37.5 Å². The summed E-state index contributed by atoms with van der Waals surface area (Å²) >= 11 is 6.12. The predicted molar refractivity (Wildman–Crippen MR) is 74.9 cm³/mol. The van der Waals surface area contributed by atoms with Crippen LogP contribution in [0.5, 0.6) is 0 Å². The number of carbonyl (C=O) groups is 1. The Kier molecular flexibility index (Phi) is 3.97. The number of amides is 1. The SMILES string of the molecule is CN(CC(=O)N1CCCC1)c1ccc(N)cc1Cl. The summed E-state index contributed by atoms with van der Waals surface area (Å²) in [5, 5.41) is 0.576. The number of nitrogens with two attached hydrogens (primary N) is 1. The fourth-order valence-corrected chi connectivity index (χ4v) is 2.52. The van der Waals surface area contributed by atoms with E-state index in [1.165, 1.54) is 0 Å². The molecule has 0 atom stereocenters. The Morgan fingerprint density at radius 2 is 2.11 bits per heavy atom. The molecule has 1 amide bonds. The molecule has 2 N–H and O–H groups in total. The Labute approximate surface area is 112 Å². The average Bonchev–Trinajstić information content (AvgIpc) is 2.81. The van der Waals surface area contributed by atoms with Gasteiger partial charge in [-0.2, -0.15) is 0 Å². The second-order valence-corrected chi connectivity index (χ2v) is 5.06. The smallest absolute Gasteiger partial charge is 0.242 e. The monoisotopic (exact) mass is 267 g/mol. The lowest BCUT2D eigenvalue weighted by Crippen LogP contribution is -2.37. The number of carbonyl (C=O) groups excluding carboxylic acids is 1. The number of halogens is 1. The molecule has 0 saturated carbocycles. The molecule has 0 aromatic heterocycles. The summed E-state index contributed by atoms with van der Waals surface area (Å²) in [6.45, 7) is 2.11. The van der Waals surface area contributed by atoms with E-state index in [-0.39, 0.29) is 5.91 Å². The lowest BCUT2D eigenvalue weighted by Gasteiger charge is -2.23. The first-order valence-corrected chi connectivity index (χ1v) is 6.49. The van der Waals surface area contributed by atoms with Crippen molar-refractivity contribution in [3.8, 4) is 0 Å². The van der Waals surface area contributed by atoms with E-state index in [1.54, 1.807) is 12.1 Å². The molecular weight excluding hydrogens is 250 g/mol. The number of benzene rings is 1. The summed E-state index contributed by atoms with van der Waals surface area (Å²) in [4.78, 5) is 15.8. The van der Waals surface area contributed by atoms with E-state index in [4.69, 9.17) is 17.3 Å². The van der Waals surface area contributed by atoms with Gasteiger partial charge in [-0.25, -0.2) is 0 Å². The van der Waals surface area contributed by atoms with Crippen molar-refractivity contribution < 1.29 is 4.79 Å². The topological polar surface area (TPSA) is 49.6 Å². The molecule has 0 spiro atoms. The maximum atomic E-state index is 12.0. The van der Waals surface area contributed by atoms with Gasteiger partial charge >= 0.3 is 0 Å². The zero-order valence-corrected chi connectivity index (χ0v) is 11.3. The molecule has 0 aliphatic carbocycles. The van der Waals surface area contributed by atoms with Crippen molar-refractivity contribution in [2.45, 2.75) is 12.8 Å². The van der Waals surface area contributed by atoms with Gasteiger partial charge in [0.15, 0.2) is 0 Å². The number of anilines is 2. The van der Waals surface area contributed by atoms with Crippen LogP contribution in [0.15, 0.2) is 18.2 Å². The fourth-order valence-electron chi connectivity index (χ4n) is 2.19. The summed E-state index contributed by atoms with van der Waals surface area (Å²) in [7, 11) is 1.87. The van der Waals surface area contributed by atoms with E-state index in [0.717, 1.165) is 31.6 Å². The largest absolute Gasteiger partial charge is 0.399 e. The van der Waals surface area contributed by atoms with Crippen LogP contribution in [-0.2, 0) is 4.79 Å². The molecule has 2 rings (SSSR count). The molecule has 5 heteroatoms. The van der Waals surface area contributed by atoms with E-state index >= 15 is 0 Å². The Morgan fingerprint density at radius 1 is 1.44 bits per heavy atom. The summed E-state index contributed by atoms with van der Waals surface area (Å²) in [5.41, 5.74) is 7.11. The van der Waals surface area contributed by atoms with Gasteiger partial charge in [-0.1, -0.05) is 11.6 Å². The lowest BCUT2D eigenvalue weighted by molar-refractivity contribution is -0.128. The molecule has 1 aromatic carbocycles. The van der Waals surface area contributed by atoms with Crippen molar-refractivity contribution in [3.63, 3.8) is 0 Å². The van der Waals surface area contributed by atoms with Crippen molar-refractivity contribution in [1.82, 2.24) is 4.90 Å². The highest BCUT2D eigenvalue weighted by Crippen LogP contribution is 2.27. The molecule has 1 saturated heterocycles. The van der Waals surface area contributed by atoms with Gasteiger partial charge in [-0.15, -0.1) is 0 Å². The number of nitrogen functional groups attached to an aromatic ring is 1. The van der Waals surface area contributed by atoms with Gasteiger partial charge in [-0.05, 0) is 31.0 Å². The van der Waals surface area contributed by atoms with Crippen LogP contribution in [0.25, 0.3) is 0 Å². The Morgan fingerprint density at radius 3 is 2.72 bits per heavy atom. The van der Waals surface area contributed by atoms with Crippen molar-refractivity contribution in [1.29, 1.82) is 0 Å². The maximum Gasteiger partial charge on any atom is 0.242 e. The number of hydrogen-bond acceptors (Lipinski definition) is 3. The number of likely N-dealkylation sites (tertiary alicyclic amines) is 1. The van der Waals surface area contributed by atoms with Crippen LogP contribution in [0.1, 0.15) is 12.8 Å². The molecule has 18 heavy (non-hydrogen) atoms. The first-order chi connectivity index (χ1) is 8.58. The average molecular weight is 268 g/mol. The Bertz CT molecular complexity index is 444. The van der Waals surface area contributed by atoms with E-state index in [1.807, 2.05) is 22.9 Å². The van der Waals surface area contributed by atoms with Gasteiger partial charge in [0.2, 0.25) is 5.91 Å². The van der Waals surface area contributed by atoms with Gasteiger partial charge in [0, 0.05) is 25.8 Å². The molecule has 0 bridgehead atoms. The first-order valence-electron chi connectivity index (χ1n) is 6.12. The van der Waals surface area contributed by atoms with E-state index in [2.05, 4.69) is 0 Å². The molecule has 1 heterocycles. The summed E-state index contributed by atoms with van der Waals surface area (Å²) < 4.78 is 0. The highest BCUT2D eigenvalue weighted by atomic mass is 35.5. The number of nitrogens with zero attached hydrogens (tertiary/aromatic N) is 2. The Balaban J connectivity index is 2.02. The van der Waals surface area contributed by atoms with Gasteiger partial charge in [0.25, 0.3) is 0 Å². The molecule has 4 nitrogen and oxygen atoms in total. The van der Waals surface area contributed by atoms with Crippen LogP contribution in [0.2, 0.25) is 5.02 Å². The van der Waals surface area contributed by atoms with Crippen molar-refractivity contribution >= 4 is 28.9 Å². The molecule has 98 valence electrons. The van der Waals surface area contributed by atoms with E-state index in [9.17, 15) is 4.79 Å². The summed E-state index contributed by atoms with van der Waals surface area (Å²) in [6, 6.07) is 5.33. The first kappa shape index (κ1) is 13.0. The zero-order valence-electron chi connectivity index (χ0n) is 10.5. The van der Waals surface area contributed by atoms with Crippen LogP contribution in [0, 0.1) is 0 Å². The maximum absolute atomic E-state index is 12.0. The third kappa shape index (κ3) is 2.88. The van der Waals surface area contributed by atoms with E-state index < -0.39 is 0 Å². The molecule has 1 aliphatic rings. The Hall–Kier alpha value is -1.42. The van der Waals surface area contributed by atoms with Crippen LogP contribution < -0.4 is 10.6 Å². The van der Waals surface area contributed by atoms with E-state index in [0.29, 0.717) is 17.3 Å². The fraction of sp³-hybridized carbons (Fsp3) is 0.462. The van der Waals surface area contributed by atoms with Crippen LogP contribution in [0.3, 0.4) is 0 Å². The van der Waals surface area contributed by atoms with Gasteiger partial charge in [-0.3, -0.25) is 4.79 Å². The third-order valence-corrected chi connectivity index (χ3v) is 3.52. The minimum atomic E-state index is 0.155. The highest BCUT2D eigenvalue weighted by molar-refractivity contribution is 6.33. The second-order valence-electron chi connectivity index (χ2n) is 4.65. The van der Waals surface area contributed by atoms with Crippen molar-refractivity contribution in [2.75, 3.05) is 37.3 Å². The lowest BCUT2D eigenvalue weighted by atomic mass is 10.2. The molecule has 1 aromatic rings. The normalized spacial score (nSPS) is 14.9. The summed E-state index contributed by atoms with van der Waals surface area (Å²) in [5.74, 6) is 0.155. The van der Waals surface area contributed by atoms with Crippen LogP contribution in [0.4, 0.5) is 11.4 Å². The molecule has 0 unspecified atom stereocenters. The molecule has 0 radical (unpaired) electrons. The van der Waals surface area contributed by atoms with Crippen LogP contribution >= 0.6 is 11.6 Å². The molecule has 1 fully saturated rings. The van der Waals surface area contributed by atoms with Crippen molar-refractivity contribution in [3.05, 3.63) is 23.2 Å². The molecular formula is C13H18ClN3O. The summed E-state index contributed by atoms with van der Waals surface area (Å²) in [6.07, 6.45) is 2.22. The minimum Gasteiger partial charge on any atom is -0.399 e. The second kappa shape index (κ2) is 5.48. The van der Waals surface area contributed by atoms with Gasteiger partial charge in [0.1, 0.15) is 0 Å². The highest BCUT2D eigenvalue weighted by Gasteiger charge is 2.19. The third-order valence-electron chi connectivity index (χ3n) is 3.21. The predicted octanol–water partition coefficient (Wildman–Crippen LogP) is 1.98. The number of likely N-dealkylation sites (N-methyl/N-ethyl adjacent to an activating group) is 1. The number of rotatable bonds is 3.